The monoisotopic (exact) mass is 340 g/mol. The Balaban J connectivity index is 1.50. The van der Waals surface area contributed by atoms with Crippen molar-refractivity contribution in [3.05, 3.63) is 36.4 Å². The first kappa shape index (κ1) is 16.2. The highest BCUT2D eigenvalue weighted by Gasteiger charge is 2.41. The van der Waals surface area contributed by atoms with E-state index in [4.69, 9.17) is 4.74 Å². The average Bonchev–Trinajstić information content (AvgIpc) is 2.69. The summed E-state index contributed by atoms with van der Waals surface area (Å²) in [6, 6.07) is 1.85. The third-order valence-electron chi connectivity index (χ3n) is 5.01. The summed E-state index contributed by atoms with van der Waals surface area (Å²) in [5, 5.41) is 0. The zero-order valence-electron chi connectivity index (χ0n) is 14.6. The van der Waals surface area contributed by atoms with E-state index in [1.165, 1.54) is 0 Å². The molecular weight excluding hydrogens is 316 g/mol. The van der Waals surface area contributed by atoms with Crippen LogP contribution in [-0.2, 0) is 11.2 Å². The first-order chi connectivity index (χ1) is 12.3. The molecule has 2 aliphatic heterocycles. The molecule has 1 atom stereocenters. The van der Waals surface area contributed by atoms with Gasteiger partial charge in [0.05, 0.1) is 19.7 Å². The van der Waals surface area contributed by atoms with Crippen molar-refractivity contribution in [2.24, 2.45) is 0 Å². The normalized spacial score (nSPS) is 23.9. The predicted molar refractivity (Wildman–Crippen MR) is 95.8 cm³/mol. The number of aromatic nitrogens is 4. The molecule has 4 rings (SSSR count). The molecule has 2 aromatic heterocycles. The highest BCUT2D eigenvalue weighted by atomic mass is 16.5. The summed E-state index contributed by atoms with van der Waals surface area (Å²) in [6.45, 7) is 6.22. The standard InChI is InChI=1S/C18H24N6O/c1-2-15-11-21-17(22-12-15)24-9-10-25-18(14-24)5-3-8-23(13-18)16-19-6-4-7-20-16/h4,6-7,11-12H,2-3,5,8-10,13-14H2,1H3/t18-/m0/s1. The van der Waals surface area contributed by atoms with E-state index in [0.29, 0.717) is 6.61 Å². The van der Waals surface area contributed by atoms with Gasteiger partial charge >= 0.3 is 0 Å². The molecular formula is C18H24N6O. The van der Waals surface area contributed by atoms with Crippen molar-refractivity contribution in [2.45, 2.75) is 31.8 Å². The zero-order valence-corrected chi connectivity index (χ0v) is 14.6. The fourth-order valence-corrected chi connectivity index (χ4v) is 3.68. The molecule has 7 heteroatoms. The Kier molecular flexibility index (Phi) is 4.48. The molecule has 7 nitrogen and oxygen atoms in total. The van der Waals surface area contributed by atoms with Crippen LogP contribution in [-0.4, -0.2) is 58.3 Å². The van der Waals surface area contributed by atoms with E-state index in [1.807, 2.05) is 18.5 Å². The van der Waals surface area contributed by atoms with Crippen LogP contribution in [0.3, 0.4) is 0 Å². The minimum atomic E-state index is -0.206. The van der Waals surface area contributed by atoms with Crippen molar-refractivity contribution in [1.82, 2.24) is 19.9 Å². The second-order valence-corrected chi connectivity index (χ2v) is 6.77. The molecule has 0 aliphatic carbocycles. The Hall–Kier alpha value is -2.28. The van der Waals surface area contributed by atoms with Gasteiger partial charge in [0.1, 0.15) is 5.60 Å². The number of piperidine rings is 1. The lowest BCUT2D eigenvalue weighted by Crippen LogP contribution is -2.60. The Morgan fingerprint density at radius 1 is 1.00 bits per heavy atom. The van der Waals surface area contributed by atoms with Gasteiger partial charge in [-0.2, -0.15) is 0 Å². The lowest BCUT2D eigenvalue weighted by atomic mass is 9.91. The van der Waals surface area contributed by atoms with Gasteiger partial charge in [-0.05, 0) is 30.9 Å². The number of hydrogen-bond donors (Lipinski definition) is 0. The second kappa shape index (κ2) is 6.92. The Morgan fingerprint density at radius 3 is 2.40 bits per heavy atom. The maximum atomic E-state index is 6.26. The highest BCUT2D eigenvalue weighted by Crippen LogP contribution is 2.31. The fourth-order valence-electron chi connectivity index (χ4n) is 3.68. The van der Waals surface area contributed by atoms with Crippen molar-refractivity contribution in [1.29, 1.82) is 0 Å². The van der Waals surface area contributed by atoms with Crippen LogP contribution in [0, 0.1) is 0 Å². The zero-order chi connectivity index (χ0) is 17.1. The second-order valence-electron chi connectivity index (χ2n) is 6.77. The molecule has 0 unspecified atom stereocenters. The molecule has 4 heterocycles. The van der Waals surface area contributed by atoms with Gasteiger partial charge in [0.2, 0.25) is 11.9 Å². The quantitative estimate of drug-likeness (QED) is 0.842. The van der Waals surface area contributed by atoms with Gasteiger partial charge in [-0.25, -0.2) is 19.9 Å². The summed E-state index contributed by atoms with van der Waals surface area (Å²) in [7, 11) is 0. The van der Waals surface area contributed by atoms with Gasteiger partial charge in [0.25, 0.3) is 0 Å². The van der Waals surface area contributed by atoms with Crippen molar-refractivity contribution < 1.29 is 4.74 Å². The summed E-state index contributed by atoms with van der Waals surface area (Å²) in [4.78, 5) is 22.4. The summed E-state index contributed by atoms with van der Waals surface area (Å²) in [5.74, 6) is 1.58. The van der Waals surface area contributed by atoms with Crippen LogP contribution >= 0.6 is 0 Å². The van der Waals surface area contributed by atoms with Crippen LogP contribution in [0.2, 0.25) is 0 Å². The van der Waals surface area contributed by atoms with Crippen molar-refractivity contribution in [2.75, 3.05) is 42.6 Å². The van der Waals surface area contributed by atoms with E-state index in [9.17, 15) is 0 Å². The van der Waals surface area contributed by atoms with E-state index in [0.717, 1.165) is 62.9 Å². The molecule has 0 radical (unpaired) electrons. The van der Waals surface area contributed by atoms with Crippen molar-refractivity contribution >= 4 is 11.9 Å². The van der Waals surface area contributed by atoms with E-state index in [1.54, 1.807) is 12.4 Å². The van der Waals surface area contributed by atoms with Crippen LogP contribution in [0.25, 0.3) is 0 Å². The minimum Gasteiger partial charge on any atom is -0.369 e. The first-order valence-electron chi connectivity index (χ1n) is 9.00. The summed E-state index contributed by atoms with van der Waals surface area (Å²) in [6.07, 6.45) is 10.5. The Morgan fingerprint density at radius 2 is 1.68 bits per heavy atom. The van der Waals surface area contributed by atoms with Crippen molar-refractivity contribution in [3.8, 4) is 0 Å². The molecule has 132 valence electrons. The van der Waals surface area contributed by atoms with E-state index in [2.05, 4.69) is 36.7 Å². The number of morpholine rings is 1. The average molecular weight is 340 g/mol. The van der Waals surface area contributed by atoms with Gasteiger partial charge in [0, 0.05) is 37.9 Å². The number of ether oxygens (including phenoxy) is 1. The molecule has 0 N–H and O–H groups in total. The fraction of sp³-hybridized carbons (Fsp3) is 0.556. The molecule has 2 aromatic rings. The molecule has 0 amide bonds. The molecule has 0 saturated carbocycles. The van der Waals surface area contributed by atoms with E-state index in [-0.39, 0.29) is 5.60 Å². The molecule has 25 heavy (non-hydrogen) atoms. The van der Waals surface area contributed by atoms with Gasteiger partial charge < -0.3 is 14.5 Å². The maximum absolute atomic E-state index is 6.26. The van der Waals surface area contributed by atoms with E-state index < -0.39 is 0 Å². The highest BCUT2D eigenvalue weighted by molar-refractivity contribution is 5.35. The van der Waals surface area contributed by atoms with E-state index >= 15 is 0 Å². The minimum absolute atomic E-state index is 0.206. The third-order valence-corrected chi connectivity index (χ3v) is 5.01. The van der Waals surface area contributed by atoms with Crippen LogP contribution in [0.15, 0.2) is 30.9 Å². The van der Waals surface area contributed by atoms with Gasteiger partial charge in [-0.1, -0.05) is 6.92 Å². The van der Waals surface area contributed by atoms with Gasteiger partial charge in [-0.15, -0.1) is 0 Å². The third kappa shape index (κ3) is 3.42. The number of rotatable bonds is 3. The predicted octanol–water partition coefficient (Wildman–Crippen LogP) is 1.70. The smallest absolute Gasteiger partial charge is 0.225 e. The molecule has 2 aliphatic rings. The molecule has 2 fully saturated rings. The number of aryl methyl sites for hydroxylation is 1. The summed E-state index contributed by atoms with van der Waals surface area (Å²) in [5.41, 5.74) is 0.958. The maximum Gasteiger partial charge on any atom is 0.225 e. The number of anilines is 2. The number of hydrogen-bond acceptors (Lipinski definition) is 7. The lowest BCUT2D eigenvalue weighted by Gasteiger charge is -2.48. The van der Waals surface area contributed by atoms with Gasteiger partial charge in [-0.3, -0.25) is 0 Å². The largest absolute Gasteiger partial charge is 0.369 e. The molecule has 1 spiro atoms. The molecule has 0 bridgehead atoms. The molecule has 0 aromatic carbocycles. The Bertz CT molecular complexity index is 690. The summed E-state index contributed by atoms with van der Waals surface area (Å²) < 4.78 is 6.26. The topological polar surface area (TPSA) is 67.3 Å². The first-order valence-corrected chi connectivity index (χ1v) is 9.00. The lowest BCUT2D eigenvalue weighted by molar-refractivity contribution is -0.0635. The summed E-state index contributed by atoms with van der Waals surface area (Å²) >= 11 is 0. The Labute approximate surface area is 148 Å². The van der Waals surface area contributed by atoms with Crippen LogP contribution < -0.4 is 9.80 Å². The van der Waals surface area contributed by atoms with Gasteiger partial charge in [0.15, 0.2) is 0 Å². The SMILES string of the molecule is CCc1cnc(N2CCO[C@]3(CCCN(c4ncccn4)C3)C2)nc1. The van der Waals surface area contributed by atoms with Crippen molar-refractivity contribution in [3.63, 3.8) is 0 Å². The van der Waals surface area contributed by atoms with Crippen LogP contribution in [0.1, 0.15) is 25.3 Å². The number of nitrogens with zero attached hydrogens (tertiary/aromatic N) is 6. The van der Waals surface area contributed by atoms with Crippen LogP contribution in [0.5, 0.6) is 0 Å². The molecule has 2 saturated heterocycles. The van der Waals surface area contributed by atoms with Crippen LogP contribution in [0.4, 0.5) is 11.9 Å².